The zero-order valence-electron chi connectivity index (χ0n) is 9.05. The van der Waals surface area contributed by atoms with Crippen LogP contribution in [-0.4, -0.2) is 4.98 Å². The molecule has 0 saturated heterocycles. The summed E-state index contributed by atoms with van der Waals surface area (Å²) in [5.41, 5.74) is 1.82. The molecule has 2 nitrogen and oxygen atoms in total. The van der Waals surface area contributed by atoms with Gasteiger partial charge in [-0.3, -0.25) is 4.98 Å². The molecular weight excluding hydrogens is 210 g/mol. The third kappa shape index (κ3) is 1.24. The Morgan fingerprint density at radius 1 is 0.706 bits per heavy atom. The average Bonchev–Trinajstić information content (AvgIpc) is 2.80. The molecule has 0 N–H and O–H groups in total. The van der Waals surface area contributed by atoms with Crippen LogP contribution in [0.3, 0.4) is 0 Å². The van der Waals surface area contributed by atoms with E-state index in [1.807, 2.05) is 36.7 Å². The molecule has 4 rings (SSSR count). The van der Waals surface area contributed by atoms with Gasteiger partial charge < -0.3 is 4.42 Å². The smallest absolute Gasteiger partial charge is 0.135 e. The Morgan fingerprint density at radius 2 is 1.47 bits per heavy atom. The number of aromatic nitrogens is 1. The zero-order valence-corrected chi connectivity index (χ0v) is 9.05. The topological polar surface area (TPSA) is 26.0 Å². The minimum absolute atomic E-state index is 0.907. The Labute approximate surface area is 97.5 Å². The summed E-state index contributed by atoms with van der Waals surface area (Å²) in [5, 5.41) is 4.52. The fourth-order valence-electron chi connectivity index (χ4n) is 2.23. The molecule has 0 fully saturated rings. The van der Waals surface area contributed by atoms with E-state index in [1.165, 1.54) is 0 Å². The maximum atomic E-state index is 5.90. The van der Waals surface area contributed by atoms with Gasteiger partial charge in [-0.05, 0) is 24.3 Å². The monoisotopic (exact) mass is 219 g/mol. The number of nitrogens with zero attached hydrogens (tertiary/aromatic N) is 1. The Morgan fingerprint density at radius 3 is 2.41 bits per heavy atom. The fraction of sp³-hybridized carbons (Fsp3) is 0. The van der Waals surface area contributed by atoms with Crippen LogP contribution in [0.25, 0.3) is 32.7 Å². The molecule has 0 spiro atoms. The second-order valence-corrected chi connectivity index (χ2v) is 4.21. The van der Waals surface area contributed by atoms with Gasteiger partial charge in [0.05, 0.1) is 0 Å². The van der Waals surface area contributed by atoms with E-state index in [0.29, 0.717) is 0 Å². The van der Waals surface area contributed by atoms with E-state index in [0.717, 1.165) is 32.7 Å². The Kier molecular flexibility index (Phi) is 1.59. The first-order valence-electron chi connectivity index (χ1n) is 5.56. The van der Waals surface area contributed by atoms with Crippen molar-refractivity contribution < 1.29 is 4.42 Å². The summed E-state index contributed by atoms with van der Waals surface area (Å²) in [6.45, 7) is 0. The van der Waals surface area contributed by atoms with Crippen molar-refractivity contribution in [2.45, 2.75) is 0 Å². The molecule has 0 aliphatic heterocycles. The van der Waals surface area contributed by atoms with E-state index >= 15 is 0 Å². The molecule has 2 heterocycles. The predicted octanol–water partition coefficient (Wildman–Crippen LogP) is 4.13. The van der Waals surface area contributed by atoms with Crippen molar-refractivity contribution >= 4 is 32.7 Å². The lowest BCUT2D eigenvalue weighted by molar-refractivity contribution is 0.661. The number of fused-ring (bicyclic) bond motifs is 3. The number of hydrogen-bond acceptors (Lipinski definition) is 2. The van der Waals surface area contributed by atoms with Crippen LogP contribution in [0.15, 0.2) is 59.3 Å². The number of benzene rings is 2. The maximum absolute atomic E-state index is 5.90. The van der Waals surface area contributed by atoms with Crippen molar-refractivity contribution in [3.63, 3.8) is 0 Å². The van der Waals surface area contributed by atoms with Crippen LogP contribution in [-0.2, 0) is 0 Å². The Balaban J connectivity index is 2.23. The van der Waals surface area contributed by atoms with E-state index < -0.39 is 0 Å². The van der Waals surface area contributed by atoms with E-state index in [-0.39, 0.29) is 0 Å². The Hall–Kier alpha value is -2.35. The molecule has 4 aromatic rings. The zero-order chi connectivity index (χ0) is 11.2. The molecule has 0 radical (unpaired) electrons. The average molecular weight is 219 g/mol. The van der Waals surface area contributed by atoms with E-state index in [1.54, 1.807) is 0 Å². The molecule has 80 valence electrons. The molecule has 0 unspecified atom stereocenters. The highest BCUT2D eigenvalue weighted by Gasteiger charge is 2.03. The highest BCUT2D eigenvalue weighted by molar-refractivity contribution is 5.99. The van der Waals surface area contributed by atoms with Crippen LogP contribution in [0.4, 0.5) is 0 Å². The first-order chi connectivity index (χ1) is 8.40. The lowest BCUT2D eigenvalue weighted by Crippen LogP contribution is -1.76. The normalized spacial score (nSPS) is 11.5. The van der Waals surface area contributed by atoms with E-state index in [4.69, 9.17) is 4.42 Å². The van der Waals surface area contributed by atoms with Crippen LogP contribution < -0.4 is 0 Å². The van der Waals surface area contributed by atoms with Crippen LogP contribution in [0.5, 0.6) is 0 Å². The van der Waals surface area contributed by atoms with Crippen LogP contribution in [0, 0.1) is 0 Å². The van der Waals surface area contributed by atoms with E-state index in [9.17, 15) is 0 Å². The fourth-order valence-corrected chi connectivity index (χ4v) is 2.23. The molecular formula is C15H9NO. The lowest BCUT2D eigenvalue weighted by Gasteiger charge is -2.01. The van der Waals surface area contributed by atoms with Crippen molar-refractivity contribution in [1.29, 1.82) is 0 Å². The molecule has 2 aromatic heterocycles. The van der Waals surface area contributed by atoms with Crippen molar-refractivity contribution in [3.05, 3.63) is 54.9 Å². The number of rotatable bonds is 0. The first kappa shape index (κ1) is 8.76. The molecule has 2 aromatic carbocycles. The summed E-state index contributed by atoms with van der Waals surface area (Å²) in [4.78, 5) is 4.15. The van der Waals surface area contributed by atoms with Crippen LogP contribution >= 0.6 is 0 Å². The summed E-state index contributed by atoms with van der Waals surface area (Å²) in [6, 6.07) is 14.4. The summed E-state index contributed by atoms with van der Waals surface area (Å²) in [7, 11) is 0. The maximum Gasteiger partial charge on any atom is 0.135 e. The second-order valence-electron chi connectivity index (χ2n) is 4.21. The van der Waals surface area contributed by atoms with Gasteiger partial charge >= 0.3 is 0 Å². The van der Waals surface area contributed by atoms with Gasteiger partial charge in [0.1, 0.15) is 11.2 Å². The SMILES string of the molecule is c1ccc2oc3cc4cncc4cc3cc2c1. The summed E-state index contributed by atoms with van der Waals surface area (Å²) >= 11 is 0. The van der Waals surface area contributed by atoms with Gasteiger partial charge in [-0.2, -0.15) is 0 Å². The molecule has 0 aliphatic carbocycles. The third-order valence-corrected chi connectivity index (χ3v) is 3.09. The van der Waals surface area contributed by atoms with Gasteiger partial charge in [-0.25, -0.2) is 0 Å². The second kappa shape index (κ2) is 3.08. The minimum Gasteiger partial charge on any atom is -0.456 e. The number of hydrogen-bond donors (Lipinski definition) is 0. The van der Waals surface area contributed by atoms with Gasteiger partial charge in [0.15, 0.2) is 0 Å². The first-order valence-corrected chi connectivity index (χ1v) is 5.56. The van der Waals surface area contributed by atoms with Gasteiger partial charge in [0.2, 0.25) is 0 Å². The molecule has 2 heteroatoms. The predicted molar refractivity (Wildman–Crippen MR) is 69.0 cm³/mol. The van der Waals surface area contributed by atoms with Gasteiger partial charge in [-0.15, -0.1) is 0 Å². The van der Waals surface area contributed by atoms with Gasteiger partial charge in [0, 0.05) is 33.9 Å². The molecule has 0 amide bonds. The third-order valence-electron chi connectivity index (χ3n) is 3.09. The van der Waals surface area contributed by atoms with Gasteiger partial charge in [-0.1, -0.05) is 18.2 Å². The van der Waals surface area contributed by atoms with Crippen molar-refractivity contribution in [2.75, 3.05) is 0 Å². The van der Waals surface area contributed by atoms with Crippen LogP contribution in [0.2, 0.25) is 0 Å². The molecule has 0 bridgehead atoms. The minimum atomic E-state index is 0.907. The van der Waals surface area contributed by atoms with Crippen LogP contribution in [0.1, 0.15) is 0 Å². The summed E-state index contributed by atoms with van der Waals surface area (Å²) in [5.74, 6) is 0. The van der Waals surface area contributed by atoms with Crippen molar-refractivity contribution in [2.24, 2.45) is 0 Å². The standard InChI is InChI=1S/C15H9NO/c1-2-4-14-10(3-1)5-11-6-12-8-16-9-13(12)7-15(11)17-14/h1-9H. The lowest BCUT2D eigenvalue weighted by atomic mass is 10.1. The van der Waals surface area contributed by atoms with Gasteiger partial charge in [0.25, 0.3) is 0 Å². The largest absolute Gasteiger partial charge is 0.456 e. The van der Waals surface area contributed by atoms with Crippen molar-refractivity contribution in [3.8, 4) is 0 Å². The highest BCUT2D eigenvalue weighted by Crippen LogP contribution is 2.26. The molecule has 0 saturated carbocycles. The highest BCUT2D eigenvalue weighted by atomic mass is 16.3. The molecule has 0 aliphatic rings. The molecule has 17 heavy (non-hydrogen) atoms. The van der Waals surface area contributed by atoms with Crippen molar-refractivity contribution in [1.82, 2.24) is 4.98 Å². The summed E-state index contributed by atoms with van der Waals surface area (Å²) in [6.07, 6.45) is 3.74. The number of para-hydroxylation sites is 1. The summed E-state index contributed by atoms with van der Waals surface area (Å²) < 4.78 is 5.90. The molecule has 0 atom stereocenters. The quantitative estimate of drug-likeness (QED) is 0.415. The van der Waals surface area contributed by atoms with E-state index in [2.05, 4.69) is 23.2 Å². The Bertz CT molecular complexity index is 776.